The lowest BCUT2D eigenvalue weighted by molar-refractivity contribution is 0.102. The van der Waals surface area contributed by atoms with E-state index >= 15 is 0 Å². The lowest BCUT2D eigenvalue weighted by Crippen LogP contribution is -2.43. The molecule has 4 rings (SSSR count). The molecule has 1 saturated heterocycles. The van der Waals surface area contributed by atoms with Crippen LogP contribution < -0.4 is 10.0 Å². The first kappa shape index (κ1) is 27.2. The third-order valence-corrected chi connectivity index (χ3v) is 10.6. The fraction of sp³-hybridized carbons (Fsp3) is 0.375. The Labute approximate surface area is 221 Å². The Morgan fingerprint density at radius 3 is 2.27 bits per heavy atom. The second-order valence-corrected chi connectivity index (χ2v) is 13.3. The highest BCUT2D eigenvalue weighted by Crippen LogP contribution is 2.27. The highest BCUT2D eigenvalue weighted by Gasteiger charge is 2.32. The molecule has 0 spiro atoms. The number of nitrogens with zero attached hydrogens (tertiary/aromatic N) is 3. The van der Waals surface area contributed by atoms with Crippen molar-refractivity contribution in [1.29, 1.82) is 0 Å². The minimum Gasteiger partial charge on any atom is -0.322 e. The number of sulfonamides is 2. The minimum absolute atomic E-state index is 0.00392. The highest BCUT2D eigenvalue weighted by molar-refractivity contribution is 7.93. The van der Waals surface area contributed by atoms with Crippen molar-refractivity contribution in [1.82, 2.24) is 14.5 Å². The van der Waals surface area contributed by atoms with Crippen LogP contribution in [0.4, 0.5) is 10.8 Å². The number of carbonyl (C=O) groups is 1. The summed E-state index contributed by atoms with van der Waals surface area (Å²) in [6.07, 6.45) is 4.14. The molecule has 2 N–H and O–H groups in total. The zero-order chi connectivity index (χ0) is 26.6. The number of hydrogen-bond donors (Lipinski definition) is 2. The Morgan fingerprint density at radius 2 is 1.65 bits per heavy atom. The van der Waals surface area contributed by atoms with Crippen molar-refractivity contribution >= 4 is 48.1 Å². The van der Waals surface area contributed by atoms with Gasteiger partial charge in [-0.25, -0.2) is 16.8 Å². The van der Waals surface area contributed by atoms with Crippen molar-refractivity contribution in [3.8, 4) is 0 Å². The van der Waals surface area contributed by atoms with Gasteiger partial charge in [-0.2, -0.15) is 4.31 Å². The smallest absolute Gasteiger partial charge is 0.263 e. The van der Waals surface area contributed by atoms with Crippen LogP contribution in [-0.4, -0.2) is 49.8 Å². The molecule has 1 aliphatic rings. The van der Waals surface area contributed by atoms with Gasteiger partial charge < -0.3 is 5.32 Å². The molecule has 1 fully saturated rings. The molecule has 0 bridgehead atoms. The van der Waals surface area contributed by atoms with Gasteiger partial charge in [0.05, 0.1) is 9.79 Å². The first-order valence-corrected chi connectivity index (χ1v) is 15.8. The summed E-state index contributed by atoms with van der Waals surface area (Å²) in [6.45, 7) is 4.40. The molecule has 0 radical (unpaired) electrons. The molecule has 0 unspecified atom stereocenters. The molecule has 10 nitrogen and oxygen atoms in total. The van der Waals surface area contributed by atoms with Crippen LogP contribution in [0.1, 0.15) is 54.9 Å². The molecule has 1 aliphatic heterocycles. The monoisotopic (exact) mass is 563 g/mol. The lowest BCUT2D eigenvalue weighted by Gasteiger charge is -2.34. The normalized spacial score (nSPS) is 16.9. The SMILES string of the molecule is CCc1nnc(NS(=O)(=O)c2ccc(NC(=O)c3ccc(S(=O)(=O)N4CCCC[C@H]4CC)cc3)cc2)s1. The summed E-state index contributed by atoms with van der Waals surface area (Å²) in [7, 11) is -7.49. The van der Waals surface area contributed by atoms with E-state index in [4.69, 9.17) is 0 Å². The largest absolute Gasteiger partial charge is 0.322 e. The van der Waals surface area contributed by atoms with Gasteiger partial charge in [0, 0.05) is 23.8 Å². The van der Waals surface area contributed by atoms with Crippen molar-refractivity contribution in [3.05, 3.63) is 59.1 Å². The number of benzene rings is 2. The average Bonchev–Trinajstić information content (AvgIpc) is 3.35. The number of anilines is 2. The molecule has 3 aromatic rings. The average molecular weight is 564 g/mol. The topological polar surface area (TPSA) is 138 Å². The number of carbonyl (C=O) groups excluding carboxylic acids is 1. The number of rotatable bonds is 9. The maximum atomic E-state index is 13.1. The Kier molecular flexibility index (Phi) is 8.26. The summed E-state index contributed by atoms with van der Waals surface area (Å²) in [4.78, 5) is 12.9. The molecule has 2 aromatic carbocycles. The summed E-state index contributed by atoms with van der Waals surface area (Å²) in [5.41, 5.74) is 0.676. The molecule has 1 atom stereocenters. The van der Waals surface area contributed by atoms with E-state index in [1.807, 2.05) is 13.8 Å². The number of piperidine rings is 1. The van der Waals surface area contributed by atoms with Gasteiger partial charge in [0.1, 0.15) is 5.01 Å². The third kappa shape index (κ3) is 6.17. The molecule has 1 aromatic heterocycles. The molecule has 13 heteroatoms. The number of aryl methyl sites for hydroxylation is 1. The Balaban J connectivity index is 1.42. The summed E-state index contributed by atoms with van der Waals surface area (Å²) in [6, 6.07) is 11.5. The van der Waals surface area contributed by atoms with Crippen LogP contribution in [-0.2, 0) is 26.5 Å². The van der Waals surface area contributed by atoms with Gasteiger partial charge >= 0.3 is 0 Å². The fourth-order valence-corrected chi connectivity index (χ4v) is 7.82. The molecule has 1 amide bonds. The first-order valence-electron chi connectivity index (χ1n) is 12.0. The predicted octanol–water partition coefficient (Wildman–Crippen LogP) is 4.11. The van der Waals surface area contributed by atoms with Crippen molar-refractivity contribution in [2.75, 3.05) is 16.6 Å². The maximum absolute atomic E-state index is 13.1. The number of aromatic nitrogens is 2. The van der Waals surface area contributed by atoms with Crippen LogP contribution in [0.2, 0.25) is 0 Å². The van der Waals surface area contributed by atoms with Gasteiger partial charge in [-0.15, -0.1) is 10.2 Å². The van der Waals surface area contributed by atoms with Gasteiger partial charge in [0.15, 0.2) is 0 Å². The Hall–Kier alpha value is -2.87. The van der Waals surface area contributed by atoms with E-state index in [2.05, 4.69) is 20.2 Å². The van der Waals surface area contributed by atoms with Crippen molar-refractivity contribution in [2.45, 2.75) is 61.8 Å². The van der Waals surface area contributed by atoms with Crippen LogP contribution in [0.25, 0.3) is 0 Å². The molecule has 0 aliphatic carbocycles. The number of hydrogen-bond acceptors (Lipinski definition) is 8. The maximum Gasteiger partial charge on any atom is 0.263 e. The van der Waals surface area contributed by atoms with Gasteiger partial charge in [-0.05, 0) is 74.2 Å². The summed E-state index contributed by atoms with van der Waals surface area (Å²) >= 11 is 1.17. The Morgan fingerprint density at radius 1 is 0.973 bits per heavy atom. The van der Waals surface area contributed by atoms with Gasteiger partial charge in [-0.1, -0.05) is 31.6 Å². The Bertz CT molecular complexity index is 1450. The number of amides is 1. The van der Waals surface area contributed by atoms with E-state index in [1.165, 1.54) is 59.9 Å². The summed E-state index contributed by atoms with van der Waals surface area (Å²) < 4.78 is 55.5. The van der Waals surface area contributed by atoms with E-state index in [9.17, 15) is 21.6 Å². The lowest BCUT2D eigenvalue weighted by atomic mass is 10.0. The van der Waals surface area contributed by atoms with Crippen molar-refractivity contribution < 1.29 is 21.6 Å². The van der Waals surface area contributed by atoms with Crippen molar-refractivity contribution in [2.24, 2.45) is 0 Å². The molecule has 37 heavy (non-hydrogen) atoms. The van der Waals surface area contributed by atoms with Crippen LogP contribution >= 0.6 is 11.3 Å². The third-order valence-electron chi connectivity index (χ3n) is 6.18. The van der Waals surface area contributed by atoms with E-state index in [-0.39, 0.29) is 26.5 Å². The van der Waals surface area contributed by atoms with Crippen LogP contribution in [0.3, 0.4) is 0 Å². The summed E-state index contributed by atoms with van der Waals surface area (Å²) in [5.74, 6) is -0.442. The van der Waals surface area contributed by atoms with Crippen LogP contribution in [0.15, 0.2) is 58.3 Å². The highest BCUT2D eigenvalue weighted by atomic mass is 32.2. The molecular formula is C24H29N5O5S3. The fourth-order valence-electron chi connectivity index (χ4n) is 4.14. The molecular weight excluding hydrogens is 534 g/mol. The van der Waals surface area contributed by atoms with E-state index in [1.54, 1.807) is 4.31 Å². The predicted molar refractivity (Wildman–Crippen MR) is 143 cm³/mol. The molecule has 198 valence electrons. The second-order valence-electron chi connectivity index (χ2n) is 8.64. The summed E-state index contributed by atoms with van der Waals surface area (Å²) in [5, 5.41) is 11.3. The zero-order valence-electron chi connectivity index (χ0n) is 20.5. The quantitative estimate of drug-likeness (QED) is 0.400. The van der Waals surface area contributed by atoms with Gasteiger partial charge in [0.2, 0.25) is 15.2 Å². The molecule has 0 saturated carbocycles. The van der Waals surface area contributed by atoms with E-state index < -0.39 is 26.0 Å². The minimum atomic E-state index is -3.86. The van der Waals surface area contributed by atoms with Crippen molar-refractivity contribution in [3.63, 3.8) is 0 Å². The zero-order valence-corrected chi connectivity index (χ0v) is 23.0. The standard InChI is InChI=1S/C24H29N5O5S3/c1-3-19-7-5-6-16-29(19)37(33,34)21-12-8-17(9-13-21)23(30)25-18-10-14-20(15-11-18)36(31,32)28-24-27-26-22(4-2)35-24/h8-15,19H,3-7,16H2,1-2H3,(H,25,30)(H,27,28)/t19-/m1/s1. The van der Waals surface area contributed by atoms with E-state index in [0.29, 0.717) is 18.7 Å². The first-order chi connectivity index (χ1) is 17.6. The van der Waals surface area contributed by atoms with Crippen LogP contribution in [0.5, 0.6) is 0 Å². The van der Waals surface area contributed by atoms with Gasteiger partial charge in [0.25, 0.3) is 15.9 Å². The number of nitrogens with one attached hydrogen (secondary N) is 2. The van der Waals surface area contributed by atoms with Gasteiger partial charge in [-0.3, -0.25) is 9.52 Å². The molecule has 2 heterocycles. The van der Waals surface area contributed by atoms with E-state index in [0.717, 1.165) is 30.7 Å². The second kappa shape index (κ2) is 11.3. The van der Waals surface area contributed by atoms with Crippen LogP contribution in [0, 0.1) is 0 Å².